The van der Waals surface area contributed by atoms with E-state index in [0.29, 0.717) is 17.4 Å². The molecule has 3 aromatic rings. The van der Waals surface area contributed by atoms with Crippen molar-refractivity contribution < 1.29 is 4.74 Å². The van der Waals surface area contributed by atoms with Crippen LogP contribution in [0.5, 0.6) is 0 Å². The molecule has 3 heteroatoms. The van der Waals surface area contributed by atoms with E-state index in [1.54, 1.807) is 0 Å². The van der Waals surface area contributed by atoms with Crippen LogP contribution >= 0.6 is 0 Å². The van der Waals surface area contributed by atoms with E-state index >= 15 is 0 Å². The molecule has 2 aromatic carbocycles. The molecule has 1 aliphatic carbocycles. The van der Waals surface area contributed by atoms with Gasteiger partial charge in [-0.25, -0.2) is 4.98 Å². The summed E-state index contributed by atoms with van der Waals surface area (Å²) in [4.78, 5) is 7.70. The Kier molecular flexibility index (Phi) is 5.31. The van der Waals surface area contributed by atoms with Crippen molar-refractivity contribution in [2.75, 3.05) is 6.61 Å². The van der Waals surface area contributed by atoms with E-state index < -0.39 is 0 Å². The number of benzene rings is 2. The average Bonchev–Trinajstić information content (AvgIpc) is 3.16. The second-order valence-electron chi connectivity index (χ2n) is 8.75. The summed E-state index contributed by atoms with van der Waals surface area (Å²) in [6.45, 7) is 5.55. The first-order valence-electron chi connectivity index (χ1n) is 10.2. The summed E-state index contributed by atoms with van der Waals surface area (Å²) in [7, 11) is 0. The summed E-state index contributed by atoms with van der Waals surface area (Å²) in [5, 5.41) is 2.61. The maximum Gasteiger partial charge on any atom is 0.106 e. The number of rotatable bonds is 6. The third-order valence-electron chi connectivity index (χ3n) is 5.99. The van der Waals surface area contributed by atoms with Crippen molar-refractivity contribution >= 4 is 10.8 Å². The number of aromatic amines is 1. The van der Waals surface area contributed by atoms with Gasteiger partial charge >= 0.3 is 0 Å². The van der Waals surface area contributed by atoms with Crippen molar-refractivity contribution in [1.82, 2.24) is 9.97 Å². The lowest BCUT2D eigenvalue weighted by molar-refractivity contribution is -0.0373. The molecule has 1 saturated carbocycles. The van der Waals surface area contributed by atoms with Gasteiger partial charge in [-0.15, -0.1) is 0 Å². The average molecular weight is 363 g/mol. The first kappa shape index (κ1) is 18.2. The molecule has 0 spiro atoms. The number of imidazole rings is 1. The second kappa shape index (κ2) is 7.85. The number of aromatic nitrogens is 2. The van der Waals surface area contributed by atoms with Crippen LogP contribution in [0.15, 0.2) is 54.9 Å². The highest BCUT2D eigenvalue weighted by molar-refractivity contribution is 5.82. The highest BCUT2D eigenvalue weighted by Gasteiger charge is 2.35. The Morgan fingerprint density at radius 1 is 1.15 bits per heavy atom. The fourth-order valence-electron chi connectivity index (χ4n) is 4.52. The Bertz CT molecular complexity index is 869. The van der Waals surface area contributed by atoms with Crippen LogP contribution in [0, 0.1) is 11.3 Å². The van der Waals surface area contributed by atoms with Gasteiger partial charge in [0.25, 0.3) is 0 Å². The van der Waals surface area contributed by atoms with Crippen LogP contribution in [-0.4, -0.2) is 22.7 Å². The summed E-state index contributed by atoms with van der Waals surface area (Å²) in [6.07, 6.45) is 9.64. The molecule has 0 bridgehead atoms. The second-order valence-corrected chi connectivity index (χ2v) is 8.75. The third-order valence-corrected chi connectivity index (χ3v) is 5.99. The molecule has 1 fully saturated rings. The van der Waals surface area contributed by atoms with Crippen molar-refractivity contribution in [2.24, 2.45) is 11.3 Å². The molecule has 0 amide bonds. The predicted octanol–water partition coefficient (Wildman–Crippen LogP) is 5.56. The summed E-state index contributed by atoms with van der Waals surface area (Å²) >= 11 is 0. The number of H-pyrrole nitrogens is 1. The summed E-state index contributed by atoms with van der Waals surface area (Å²) in [6, 6.07) is 15.3. The molecule has 142 valence electrons. The van der Waals surface area contributed by atoms with Crippen molar-refractivity contribution in [2.45, 2.75) is 52.1 Å². The van der Waals surface area contributed by atoms with Gasteiger partial charge in [0, 0.05) is 18.8 Å². The van der Waals surface area contributed by atoms with E-state index in [1.807, 2.05) is 12.4 Å². The van der Waals surface area contributed by atoms with Crippen LogP contribution in [0.1, 0.15) is 44.5 Å². The highest BCUT2D eigenvalue weighted by atomic mass is 16.5. The maximum atomic E-state index is 6.41. The predicted molar refractivity (Wildman–Crippen MR) is 111 cm³/mol. The molecule has 0 aliphatic heterocycles. The van der Waals surface area contributed by atoms with E-state index in [2.05, 4.69) is 66.3 Å². The molecule has 0 unspecified atom stereocenters. The van der Waals surface area contributed by atoms with Gasteiger partial charge in [-0.1, -0.05) is 56.3 Å². The van der Waals surface area contributed by atoms with E-state index in [4.69, 9.17) is 4.74 Å². The van der Waals surface area contributed by atoms with Crippen LogP contribution in [0.2, 0.25) is 0 Å². The van der Waals surface area contributed by atoms with Crippen LogP contribution in [0.25, 0.3) is 10.8 Å². The van der Waals surface area contributed by atoms with Gasteiger partial charge in [-0.05, 0) is 53.4 Å². The summed E-state index contributed by atoms with van der Waals surface area (Å²) in [5.41, 5.74) is 1.75. The standard InChI is InChI=1S/C24H30N2O/c1-24(2)11-9-22(21(17-24)16-23-25-12-13-26-23)27-14-10-18-7-8-19-5-3-4-6-20(19)15-18/h3-8,12-13,15,21-22H,9-11,14,16-17H2,1-2H3,(H,25,26)/t21-,22-/m1/s1. The van der Waals surface area contributed by atoms with Gasteiger partial charge in [0.2, 0.25) is 0 Å². The number of hydrogen-bond donors (Lipinski definition) is 1. The minimum atomic E-state index is 0.337. The van der Waals surface area contributed by atoms with E-state index in [0.717, 1.165) is 31.7 Å². The molecule has 0 radical (unpaired) electrons. The third kappa shape index (κ3) is 4.59. The number of hydrogen-bond acceptors (Lipinski definition) is 2. The zero-order valence-electron chi connectivity index (χ0n) is 16.4. The zero-order valence-corrected chi connectivity index (χ0v) is 16.4. The zero-order chi connectivity index (χ0) is 18.7. The van der Waals surface area contributed by atoms with Gasteiger partial charge in [0.15, 0.2) is 0 Å². The minimum Gasteiger partial charge on any atom is -0.378 e. The van der Waals surface area contributed by atoms with Crippen LogP contribution in [-0.2, 0) is 17.6 Å². The van der Waals surface area contributed by atoms with Gasteiger partial charge < -0.3 is 9.72 Å². The van der Waals surface area contributed by atoms with Gasteiger partial charge in [-0.2, -0.15) is 0 Å². The smallest absolute Gasteiger partial charge is 0.106 e. The van der Waals surface area contributed by atoms with Crippen molar-refractivity contribution in [3.63, 3.8) is 0 Å². The van der Waals surface area contributed by atoms with E-state index in [-0.39, 0.29) is 0 Å². The summed E-state index contributed by atoms with van der Waals surface area (Å²) in [5.74, 6) is 1.62. The molecule has 1 aliphatic rings. The van der Waals surface area contributed by atoms with Crippen LogP contribution in [0.4, 0.5) is 0 Å². The van der Waals surface area contributed by atoms with E-state index in [9.17, 15) is 0 Å². The summed E-state index contributed by atoms with van der Waals surface area (Å²) < 4.78 is 6.41. The fourth-order valence-corrected chi connectivity index (χ4v) is 4.52. The first-order valence-corrected chi connectivity index (χ1v) is 10.2. The first-order chi connectivity index (χ1) is 13.1. The number of fused-ring (bicyclic) bond motifs is 1. The van der Waals surface area contributed by atoms with Crippen molar-refractivity contribution in [1.29, 1.82) is 0 Å². The number of nitrogens with zero attached hydrogens (tertiary/aromatic N) is 1. The Morgan fingerprint density at radius 2 is 2.00 bits per heavy atom. The molecular formula is C24H30N2O. The molecule has 4 rings (SSSR count). The van der Waals surface area contributed by atoms with Crippen molar-refractivity contribution in [3.05, 3.63) is 66.2 Å². The molecular weight excluding hydrogens is 332 g/mol. The lowest BCUT2D eigenvalue weighted by atomic mass is 9.70. The molecule has 27 heavy (non-hydrogen) atoms. The molecule has 3 nitrogen and oxygen atoms in total. The number of ether oxygens (including phenoxy) is 1. The largest absolute Gasteiger partial charge is 0.378 e. The lowest BCUT2D eigenvalue weighted by Crippen LogP contribution is -2.37. The SMILES string of the molecule is CC1(C)CC[C@@H](OCCc2ccc3ccccc3c2)[C@H](Cc2ncc[nH]2)C1. The Labute approximate surface area is 162 Å². The monoisotopic (exact) mass is 362 g/mol. The molecule has 1 aromatic heterocycles. The van der Waals surface area contributed by atoms with Crippen LogP contribution in [0.3, 0.4) is 0 Å². The number of nitrogens with one attached hydrogen (secondary N) is 1. The fraction of sp³-hybridized carbons (Fsp3) is 0.458. The van der Waals surface area contributed by atoms with Gasteiger partial charge in [0.05, 0.1) is 12.7 Å². The van der Waals surface area contributed by atoms with Crippen molar-refractivity contribution in [3.8, 4) is 0 Å². The molecule has 1 N–H and O–H groups in total. The van der Waals surface area contributed by atoms with Gasteiger partial charge in [0.1, 0.15) is 5.82 Å². The highest BCUT2D eigenvalue weighted by Crippen LogP contribution is 2.41. The molecule has 1 heterocycles. The Balaban J connectivity index is 1.37. The Morgan fingerprint density at radius 3 is 2.81 bits per heavy atom. The normalized spacial score (nSPS) is 22.1. The lowest BCUT2D eigenvalue weighted by Gasteiger charge is -2.40. The van der Waals surface area contributed by atoms with Crippen LogP contribution < -0.4 is 0 Å². The molecule has 0 saturated heterocycles. The quantitative estimate of drug-likeness (QED) is 0.623. The van der Waals surface area contributed by atoms with E-state index in [1.165, 1.54) is 29.2 Å². The molecule has 2 atom stereocenters. The van der Waals surface area contributed by atoms with Gasteiger partial charge in [-0.3, -0.25) is 0 Å². The minimum absolute atomic E-state index is 0.337. The maximum absolute atomic E-state index is 6.41. The topological polar surface area (TPSA) is 37.9 Å². The Hall–Kier alpha value is -2.13.